The van der Waals surface area contributed by atoms with E-state index in [1.54, 1.807) is 12.1 Å². The summed E-state index contributed by atoms with van der Waals surface area (Å²) in [4.78, 5) is 0. The van der Waals surface area contributed by atoms with Crippen molar-refractivity contribution in [3.63, 3.8) is 0 Å². The summed E-state index contributed by atoms with van der Waals surface area (Å²) in [5.41, 5.74) is 6.49. The SMILES string of the molecule is CC1CCC(NC(CN)c2cccc(OC(F)(F)F)c2)C1. The Bertz CT molecular complexity index is 464. The minimum atomic E-state index is -4.68. The Morgan fingerprint density at radius 3 is 2.71 bits per heavy atom. The van der Waals surface area contributed by atoms with E-state index in [0.29, 0.717) is 18.5 Å². The van der Waals surface area contributed by atoms with Gasteiger partial charge in [0.15, 0.2) is 0 Å². The van der Waals surface area contributed by atoms with Gasteiger partial charge in [-0.1, -0.05) is 19.1 Å². The van der Waals surface area contributed by atoms with E-state index in [9.17, 15) is 13.2 Å². The summed E-state index contributed by atoms with van der Waals surface area (Å²) in [7, 11) is 0. The molecule has 3 unspecified atom stereocenters. The van der Waals surface area contributed by atoms with E-state index in [1.165, 1.54) is 18.6 Å². The summed E-state index contributed by atoms with van der Waals surface area (Å²) in [5.74, 6) is 0.473. The van der Waals surface area contributed by atoms with Crippen LogP contribution in [0.2, 0.25) is 0 Å². The van der Waals surface area contributed by atoms with Gasteiger partial charge in [0.25, 0.3) is 0 Å². The molecule has 0 radical (unpaired) electrons. The highest BCUT2D eigenvalue weighted by molar-refractivity contribution is 5.31. The van der Waals surface area contributed by atoms with Crippen LogP contribution in [-0.2, 0) is 0 Å². The fourth-order valence-corrected chi connectivity index (χ4v) is 2.87. The maximum absolute atomic E-state index is 12.3. The van der Waals surface area contributed by atoms with Gasteiger partial charge in [-0.05, 0) is 42.9 Å². The number of hydrogen-bond acceptors (Lipinski definition) is 3. The van der Waals surface area contributed by atoms with Gasteiger partial charge in [-0.25, -0.2) is 0 Å². The van der Waals surface area contributed by atoms with Crippen LogP contribution in [0.15, 0.2) is 24.3 Å². The number of hydrogen-bond donors (Lipinski definition) is 2. The minimum Gasteiger partial charge on any atom is -0.406 e. The zero-order valence-corrected chi connectivity index (χ0v) is 12.0. The molecular formula is C15H21F3N2O. The van der Waals surface area contributed by atoms with E-state index in [2.05, 4.69) is 17.0 Å². The quantitative estimate of drug-likeness (QED) is 0.876. The molecule has 1 aromatic rings. The Balaban J connectivity index is 2.05. The molecule has 0 amide bonds. The first-order chi connectivity index (χ1) is 9.87. The lowest BCUT2D eigenvalue weighted by Gasteiger charge is -2.23. The molecule has 1 saturated carbocycles. The first-order valence-corrected chi connectivity index (χ1v) is 7.19. The Labute approximate surface area is 122 Å². The van der Waals surface area contributed by atoms with Crippen molar-refractivity contribution in [2.75, 3.05) is 6.54 Å². The lowest BCUT2D eigenvalue weighted by molar-refractivity contribution is -0.274. The number of halogens is 3. The Morgan fingerprint density at radius 1 is 1.38 bits per heavy atom. The molecule has 1 aromatic carbocycles. The van der Waals surface area contributed by atoms with Crippen molar-refractivity contribution >= 4 is 0 Å². The van der Waals surface area contributed by atoms with Gasteiger partial charge in [0.1, 0.15) is 5.75 Å². The molecule has 3 N–H and O–H groups in total. The highest BCUT2D eigenvalue weighted by Gasteiger charge is 2.31. The molecule has 1 fully saturated rings. The van der Waals surface area contributed by atoms with Gasteiger partial charge in [0.2, 0.25) is 0 Å². The minimum absolute atomic E-state index is 0.155. The molecule has 0 heterocycles. The first-order valence-electron chi connectivity index (χ1n) is 7.19. The number of alkyl halides is 3. The van der Waals surface area contributed by atoms with Gasteiger partial charge in [0.05, 0.1) is 0 Å². The molecule has 0 aromatic heterocycles. The maximum Gasteiger partial charge on any atom is 0.573 e. The normalized spacial score (nSPS) is 24.0. The van der Waals surface area contributed by atoms with Crippen LogP contribution in [0.5, 0.6) is 5.75 Å². The molecule has 2 rings (SSSR count). The van der Waals surface area contributed by atoms with Crippen LogP contribution in [0, 0.1) is 5.92 Å². The zero-order valence-electron chi connectivity index (χ0n) is 12.0. The topological polar surface area (TPSA) is 47.3 Å². The lowest BCUT2D eigenvalue weighted by Crippen LogP contribution is -2.35. The highest BCUT2D eigenvalue weighted by atomic mass is 19.4. The Morgan fingerprint density at radius 2 is 2.14 bits per heavy atom. The predicted octanol–water partition coefficient (Wildman–Crippen LogP) is 3.36. The number of rotatable bonds is 5. The van der Waals surface area contributed by atoms with Crippen molar-refractivity contribution in [3.05, 3.63) is 29.8 Å². The van der Waals surface area contributed by atoms with Crippen molar-refractivity contribution in [2.24, 2.45) is 11.7 Å². The van der Waals surface area contributed by atoms with Gasteiger partial charge in [-0.15, -0.1) is 13.2 Å². The van der Waals surface area contributed by atoms with Crippen LogP contribution < -0.4 is 15.8 Å². The molecule has 118 valence electrons. The van der Waals surface area contributed by atoms with Gasteiger partial charge in [0, 0.05) is 18.6 Å². The summed E-state index contributed by atoms with van der Waals surface area (Å²) < 4.78 is 40.7. The van der Waals surface area contributed by atoms with Crippen molar-refractivity contribution in [1.29, 1.82) is 0 Å². The molecule has 6 heteroatoms. The maximum atomic E-state index is 12.3. The van der Waals surface area contributed by atoms with Crippen molar-refractivity contribution in [2.45, 2.75) is 44.6 Å². The smallest absolute Gasteiger partial charge is 0.406 e. The fourth-order valence-electron chi connectivity index (χ4n) is 2.87. The van der Waals surface area contributed by atoms with Crippen LogP contribution in [0.3, 0.4) is 0 Å². The van der Waals surface area contributed by atoms with E-state index < -0.39 is 6.36 Å². The van der Waals surface area contributed by atoms with Crippen LogP contribution in [0.1, 0.15) is 37.8 Å². The number of ether oxygens (including phenoxy) is 1. The summed E-state index contributed by atoms with van der Waals surface area (Å²) >= 11 is 0. The lowest BCUT2D eigenvalue weighted by atomic mass is 10.0. The van der Waals surface area contributed by atoms with Crippen LogP contribution >= 0.6 is 0 Å². The van der Waals surface area contributed by atoms with Gasteiger partial charge >= 0.3 is 6.36 Å². The second-order valence-corrected chi connectivity index (χ2v) is 5.69. The molecule has 0 saturated heterocycles. The van der Waals surface area contributed by atoms with Crippen molar-refractivity contribution in [3.8, 4) is 5.75 Å². The third-order valence-electron chi connectivity index (χ3n) is 3.86. The van der Waals surface area contributed by atoms with Crippen LogP contribution in [0.25, 0.3) is 0 Å². The van der Waals surface area contributed by atoms with Crippen LogP contribution in [-0.4, -0.2) is 18.9 Å². The molecule has 0 spiro atoms. The monoisotopic (exact) mass is 302 g/mol. The number of benzene rings is 1. The van der Waals surface area contributed by atoms with E-state index in [-0.39, 0.29) is 11.8 Å². The third kappa shape index (κ3) is 4.89. The summed E-state index contributed by atoms with van der Waals surface area (Å²) in [6, 6.07) is 6.24. The van der Waals surface area contributed by atoms with Crippen molar-refractivity contribution in [1.82, 2.24) is 5.32 Å². The zero-order chi connectivity index (χ0) is 15.5. The molecule has 21 heavy (non-hydrogen) atoms. The average molecular weight is 302 g/mol. The molecule has 3 nitrogen and oxygen atoms in total. The number of nitrogens with two attached hydrogens (primary N) is 1. The summed E-state index contributed by atoms with van der Waals surface area (Å²) in [6.45, 7) is 2.54. The van der Waals surface area contributed by atoms with Crippen LogP contribution in [0.4, 0.5) is 13.2 Å². The molecule has 3 atom stereocenters. The van der Waals surface area contributed by atoms with E-state index in [4.69, 9.17) is 5.73 Å². The average Bonchev–Trinajstić information content (AvgIpc) is 2.80. The van der Waals surface area contributed by atoms with Gasteiger partial charge in [-0.2, -0.15) is 0 Å². The molecule has 0 aliphatic heterocycles. The largest absolute Gasteiger partial charge is 0.573 e. The second kappa shape index (κ2) is 6.66. The molecular weight excluding hydrogens is 281 g/mol. The summed E-state index contributed by atoms with van der Waals surface area (Å²) in [6.07, 6.45) is -1.34. The molecule has 1 aliphatic rings. The second-order valence-electron chi connectivity index (χ2n) is 5.69. The van der Waals surface area contributed by atoms with Gasteiger partial charge < -0.3 is 15.8 Å². The van der Waals surface area contributed by atoms with Crippen molar-refractivity contribution < 1.29 is 17.9 Å². The fraction of sp³-hybridized carbons (Fsp3) is 0.600. The predicted molar refractivity (Wildman–Crippen MR) is 74.9 cm³/mol. The standard InChI is InChI=1S/C15H21F3N2O/c1-10-5-6-12(7-10)20-14(9-19)11-3-2-4-13(8-11)21-15(16,17)18/h2-4,8,10,12,14,20H,5-7,9,19H2,1H3. The van der Waals surface area contributed by atoms with E-state index in [0.717, 1.165) is 18.4 Å². The summed E-state index contributed by atoms with van der Waals surface area (Å²) in [5, 5.41) is 3.44. The molecule has 0 bridgehead atoms. The highest BCUT2D eigenvalue weighted by Crippen LogP contribution is 2.29. The van der Waals surface area contributed by atoms with E-state index >= 15 is 0 Å². The Hall–Kier alpha value is -1.27. The number of nitrogens with one attached hydrogen (secondary N) is 1. The third-order valence-corrected chi connectivity index (χ3v) is 3.86. The first kappa shape index (κ1) is 16.1. The Kier molecular flexibility index (Phi) is 5.11. The van der Waals surface area contributed by atoms with Gasteiger partial charge in [-0.3, -0.25) is 0 Å². The van der Waals surface area contributed by atoms with E-state index in [1.807, 2.05) is 0 Å². The molecule has 1 aliphatic carbocycles.